The first-order valence-corrected chi connectivity index (χ1v) is 11.5. The fourth-order valence-electron chi connectivity index (χ4n) is 2.56. The molecular weight excluding hydrogens is 439 g/mol. The van der Waals surface area contributed by atoms with Crippen LogP contribution in [-0.2, 0) is 20.0 Å². The van der Waals surface area contributed by atoms with Gasteiger partial charge in [-0.05, 0) is 48.5 Å². The van der Waals surface area contributed by atoms with Crippen LogP contribution in [0.5, 0.6) is 0 Å². The molecule has 0 aliphatic heterocycles. The zero-order chi connectivity index (χ0) is 21.2. The maximum Gasteiger partial charge on any atom is 0.264 e. The van der Waals surface area contributed by atoms with E-state index in [1.54, 1.807) is 30.3 Å². The molecule has 0 aromatic heterocycles. The third-order valence-electron chi connectivity index (χ3n) is 4.05. The molecule has 0 heterocycles. The Morgan fingerprint density at radius 2 is 1.59 bits per heavy atom. The van der Waals surface area contributed by atoms with Crippen LogP contribution < -0.4 is 9.03 Å². The van der Waals surface area contributed by atoms with Crippen molar-refractivity contribution in [1.29, 1.82) is 0 Å². The molecule has 1 N–H and O–H groups in total. The van der Waals surface area contributed by atoms with Gasteiger partial charge in [0.2, 0.25) is 0 Å². The molecule has 29 heavy (non-hydrogen) atoms. The van der Waals surface area contributed by atoms with Gasteiger partial charge in [-0.2, -0.15) is 0 Å². The van der Waals surface area contributed by atoms with Crippen LogP contribution in [0, 0.1) is 5.82 Å². The van der Waals surface area contributed by atoms with Crippen molar-refractivity contribution >= 4 is 43.0 Å². The highest BCUT2D eigenvalue weighted by Crippen LogP contribution is 2.26. The maximum atomic E-state index is 14.0. The lowest BCUT2D eigenvalue weighted by Gasteiger charge is -2.20. The molecule has 3 aromatic rings. The minimum Gasteiger partial charge on any atom is -0.279 e. The van der Waals surface area contributed by atoms with E-state index in [9.17, 15) is 21.2 Å². The van der Waals surface area contributed by atoms with Gasteiger partial charge in [0, 0.05) is 12.1 Å². The van der Waals surface area contributed by atoms with Crippen LogP contribution in [0.15, 0.2) is 82.6 Å². The maximum absolute atomic E-state index is 14.0. The molecule has 10 heteroatoms. The van der Waals surface area contributed by atoms with E-state index in [1.807, 2.05) is 0 Å². The van der Waals surface area contributed by atoms with Crippen molar-refractivity contribution in [3.8, 4) is 0 Å². The summed E-state index contributed by atoms with van der Waals surface area (Å²) in [5.41, 5.74) is 0.420. The number of benzene rings is 3. The summed E-state index contributed by atoms with van der Waals surface area (Å²) in [5, 5.41) is 0.0542. The number of halogens is 2. The number of nitrogens with zero attached hydrogens (tertiary/aromatic N) is 1. The molecular formula is C19H16ClFN2O4S2. The molecule has 0 unspecified atom stereocenters. The average Bonchev–Trinajstić information content (AvgIpc) is 2.67. The standard InChI is InChI=1S/C19H16ClFN2O4S2/c1-23(16-7-3-2-4-8-16)29(26,27)17-9-5-6-15(13-17)22-28(24,25)19-11-10-14(20)12-18(19)21/h2-13,22H,1H3. The van der Waals surface area contributed by atoms with Crippen LogP contribution in [-0.4, -0.2) is 23.9 Å². The van der Waals surface area contributed by atoms with Crippen LogP contribution in [0.1, 0.15) is 0 Å². The van der Waals surface area contributed by atoms with Gasteiger partial charge in [-0.1, -0.05) is 35.9 Å². The normalized spacial score (nSPS) is 11.8. The Bertz CT molecular complexity index is 1250. The first kappa shape index (κ1) is 21.1. The molecule has 6 nitrogen and oxygen atoms in total. The van der Waals surface area contributed by atoms with Gasteiger partial charge in [0.1, 0.15) is 10.7 Å². The lowest BCUT2D eigenvalue weighted by Crippen LogP contribution is -2.26. The van der Waals surface area contributed by atoms with Crippen molar-refractivity contribution in [1.82, 2.24) is 0 Å². The number of nitrogens with one attached hydrogen (secondary N) is 1. The molecule has 0 fully saturated rings. The third kappa shape index (κ3) is 4.52. The monoisotopic (exact) mass is 454 g/mol. The van der Waals surface area contributed by atoms with Crippen LogP contribution in [0.4, 0.5) is 15.8 Å². The van der Waals surface area contributed by atoms with E-state index in [2.05, 4.69) is 4.72 Å². The predicted molar refractivity (Wildman–Crippen MR) is 111 cm³/mol. The van der Waals surface area contributed by atoms with Gasteiger partial charge in [-0.25, -0.2) is 21.2 Å². The quantitative estimate of drug-likeness (QED) is 0.607. The SMILES string of the molecule is CN(c1ccccc1)S(=O)(=O)c1cccc(NS(=O)(=O)c2ccc(Cl)cc2F)c1. The molecule has 0 aliphatic rings. The fraction of sp³-hybridized carbons (Fsp3) is 0.0526. The molecule has 3 rings (SSSR count). The fourth-order valence-corrected chi connectivity index (χ4v) is 5.07. The summed E-state index contributed by atoms with van der Waals surface area (Å²) in [4.78, 5) is -0.725. The van der Waals surface area contributed by atoms with Crippen LogP contribution in [0.25, 0.3) is 0 Å². The van der Waals surface area contributed by atoms with Crippen LogP contribution in [0.3, 0.4) is 0 Å². The first-order valence-electron chi connectivity index (χ1n) is 8.23. The van der Waals surface area contributed by atoms with E-state index < -0.39 is 30.8 Å². The molecule has 0 amide bonds. The van der Waals surface area contributed by atoms with Crippen LogP contribution >= 0.6 is 11.6 Å². The molecule has 0 spiro atoms. The Hall–Kier alpha value is -2.62. The van der Waals surface area contributed by atoms with Gasteiger partial charge in [0.15, 0.2) is 0 Å². The van der Waals surface area contributed by atoms with E-state index in [-0.39, 0.29) is 15.6 Å². The molecule has 0 atom stereocenters. The molecule has 152 valence electrons. The minimum absolute atomic E-state index is 0.0260. The van der Waals surface area contributed by atoms with Gasteiger partial charge in [-0.3, -0.25) is 9.03 Å². The van der Waals surface area contributed by atoms with Gasteiger partial charge in [0.05, 0.1) is 16.3 Å². The number of anilines is 2. The van der Waals surface area contributed by atoms with Crippen molar-refractivity contribution in [3.05, 3.63) is 83.6 Å². The number of rotatable bonds is 6. The smallest absolute Gasteiger partial charge is 0.264 e. The molecule has 0 saturated heterocycles. The second-order valence-corrected chi connectivity index (χ2v) is 10.1. The zero-order valence-corrected chi connectivity index (χ0v) is 17.5. The Morgan fingerprint density at radius 1 is 0.897 bits per heavy atom. The van der Waals surface area contributed by atoms with Crippen LogP contribution in [0.2, 0.25) is 5.02 Å². The van der Waals surface area contributed by atoms with E-state index in [4.69, 9.17) is 11.6 Å². The molecule has 0 radical (unpaired) electrons. The van der Waals surface area contributed by atoms with E-state index in [0.717, 1.165) is 16.4 Å². The Balaban J connectivity index is 1.93. The number of para-hydroxylation sites is 1. The summed E-state index contributed by atoms with van der Waals surface area (Å²) in [5.74, 6) is -1.02. The highest BCUT2D eigenvalue weighted by molar-refractivity contribution is 7.93. The van der Waals surface area contributed by atoms with E-state index >= 15 is 0 Å². The van der Waals surface area contributed by atoms with Gasteiger partial charge >= 0.3 is 0 Å². The van der Waals surface area contributed by atoms with Crippen molar-refractivity contribution in [2.24, 2.45) is 0 Å². The summed E-state index contributed by atoms with van der Waals surface area (Å²) in [6, 6.07) is 16.9. The average molecular weight is 455 g/mol. The van der Waals surface area contributed by atoms with Crippen molar-refractivity contribution in [2.75, 3.05) is 16.1 Å². The number of hydrogen-bond acceptors (Lipinski definition) is 4. The zero-order valence-electron chi connectivity index (χ0n) is 15.1. The molecule has 0 bridgehead atoms. The van der Waals surface area contributed by atoms with E-state index in [1.165, 1.54) is 37.4 Å². The number of hydrogen-bond donors (Lipinski definition) is 1. The lowest BCUT2D eigenvalue weighted by atomic mass is 10.3. The number of sulfonamides is 2. The van der Waals surface area contributed by atoms with Crippen molar-refractivity contribution < 1.29 is 21.2 Å². The Labute approximate surface area is 173 Å². The van der Waals surface area contributed by atoms with Crippen molar-refractivity contribution in [2.45, 2.75) is 9.79 Å². The minimum atomic E-state index is -4.29. The Kier molecular flexibility index (Phi) is 5.83. The first-order chi connectivity index (χ1) is 13.6. The lowest BCUT2D eigenvalue weighted by molar-refractivity contribution is 0.570. The summed E-state index contributed by atoms with van der Waals surface area (Å²) in [7, 11) is -6.84. The topological polar surface area (TPSA) is 83.6 Å². The summed E-state index contributed by atoms with van der Waals surface area (Å²) < 4.78 is 68.0. The Morgan fingerprint density at radius 3 is 2.24 bits per heavy atom. The largest absolute Gasteiger partial charge is 0.279 e. The van der Waals surface area contributed by atoms with Gasteiger partial charge < -0.3 is 0 Å². The summed E-state index contributed by atoms with van der Waals surface area (Å²) in [6.07, 6.45) is 0. The summed E-state index contributed by atoms with van der Waals surface area (Å²) >= 11 is 5.65. The highest BCUT2D eigenvalue weighted by Gasteiger charge is 2.23. The summed E-state index contributed by atoms with van der Waals surface area (Å²) in [6.45, 7) is 0. The second-order valence-electron chi connectivity index (χ2n) is 6.02. The van der Waals surface area contributed by atoms with Gasteiger partial charge in [-0.15, -0.1) is 0 Å². The second kappa shape index (κ2) is 8.02. The predicted octanol–water partition coefficient (Wildman–Crippen LogP) is 4.11. The third-order valence-corrected chi connectivity index (χ3v) is 7.48. The van der Waals surface area contributed by atoms with Crippen molar-refractivity contribution in [3.63, 3.8) is 0 Å². The molecule has 0 aliphatic carbocycles. The van der Waals surface area contributed by atoms with Gasteiger partial charge in [0.25, 0.3) is 20.0 Å². The highest BCUT2D eigenvalue weighted by atomic mass is 35.5. The molecule has 0 saturated carbocycles. The molecule has 3 aromatic carbocycles. The van der Waals surface area contributed by atoms with E-state index in [0.29, 0.717) is 5.69 Å².